The first-order valence-electron chi connectivity index (χ1n) is 9.36. The molecule has 4 nitrogen and oxygen atoms in total. The Morgan fingerprint density at radius 1 is 1.00 bits per heavy atom. The number of aliphatic carboxylic acids is 2. The highest BCUT2D eigenvalue weighted by molar-refractivity contribution is 5.87. The Kier molecular flexibility index (Phi) is 7.50. The van der Waals surface area contributed by atoms with Gasteiger partial charge in [0.2, 0.25) is 0 Å². The van der Waals surface area contributed by atoms with Gasteiger partial charge in [-0.1, -0.05) is 65.5 Å². The molecule has 138 valence electrons. The highest BCUT2D eigenvalue weighted by atomic mass is 16.4. The smallest absolute Gasteiger partial charge is 0.311 e. The quantitative estimate of drug-likeness (QED) is 0.428. The Morgan fingerprint density at radius 3 is 2.12 bits per heavy atom. The minimum absolute atomic E-state index is 0.138. The summed E-state index contributed by atoms with van der Waals surface area (Å²) in [5.74, 6) is -1.92. The van der Waals surface area contributed by atoms with E-state index in [4.69, 9.17) is 0 Å². The number of carboxylic acid groups (broad SMARTS) is 2. The van der Waals surface area contributed by atoms with Crippen molar-refractivity contribution in [3.8, 4) is 0 Å². The molecule has 1 aliphatic carbocycles. The molecular formula is C20H34O4. The van der Waals surface area contributed by atoms with Gasteiger partial charge in [0.15, 0.2) is 0 Å². The number of carbonyl (C=O) groups is 2. The molecule has 0 saturated carbocycles. The Balaban J connectivity index is 3.24. The van der Waals surface area contributed by atoms with Crippen LogP contribution in [0.3, 0.4) is 0 Å². The van der Waals surface area contributed by atoms with E-state index in [1.54, 1.807) is 0 Å². The molecule has 0 aromatic carbocycles. The number of allylic oxidation sites excluding steroid dienone is 2. The van der Waals surface area contributed by atoms with Crippen LogP contribution in [0.15, 0.2) is 12.2 Å². The van der Waals surface area contributed by atoms with Crippen molar-refractivity contribution in [1.29, 1.82) is 0 Å². The second-order valence-electron chi connectivity index (χ2n) is 7.89. The third-order valence-corrected chi connectivity index (χ3v) is 5.81. The van der Waals surface area contributed by atoms with E-state index in [-0.39, 0.29) is 11.8 Å². The van der Waals surface area contributed by atoms with Gasteiger partial charge in [0.1, 0.15) is 0 Å². The van der Waals surface area contributed by atoms with Gasteiger partial charge >= 0.3 is 11.9 Å². The third kappa shape index (κ3) is 3.84. The molecule has 0 bridgehead atoms. The zero-order valence-electron chi connectivity index (χ0n) is 15.7. The van der Waals surface area contributed by atoms with Gasteiger partial charge < -0.3 is 10.2 Å². The molecule has 0 heterocycles. The first kappa shape index (κ1) is 20.7. The van der Waals surface area contributed by atoms with Gasteiger partial charge in [-0.15, -0.1) is 0 Å². The number of unbranched alkanes of at least 4 members (excludes halogenated alkanes) is 3. The van der Waals surface area contributed by atoms with Gasteiger partial charge in [0, 0.05) is 0 Å². The number of hydrogen-bond donors (Lipinski definition) is 2. The molecule has 1 aliphatic rings. The lowest BCUT2D eigenvalue weighted by Gasteiger charge is -2.50. The molecule has 0 aromatic rings. The average Bonchev–Trinajstić information content (AvgIpc) is 2.50. The van der Waals surface area contributed by atoms with Crippen LogP contribution in [0.5, 0.6) is 0 Å². The topological polar surface area (TPSA) is 74.6 Å². The van der Waals surface area contributed by atoms with Gasteiger partial charge in [-0.25, -0.2) is 0 Å². The summed E-state index contributed by atoms with van der Waals surface area (Å²) >= 11 is 0. The number of hydrogen-bond acceptors (Lipinski definition) is 2. The highest BCUT2D eigenvalue weighted by Gasteiger charge is 2.63. The van der Waals surface area contributed by atoms with Crippen LogP contribution in [0.4, 0.5) is 0 Å². The van der Waals surface area contributed by atoms with Gasteiger partial charge in [-0.2, -0.15) is 0 Å². The van der Waals surface area contributed by atoms with Crippen molar-refractivity contribution >= 4 is 11.9 Å². The van der Waals surface area contributed by atoms with Crippen molar-refractivity contribution in [3.63, 3.8) is 0 Å². The van der Waals surface area contributed by atoms with Crippen molar-refractivity contribution in [2.75, 3.05) is 0 Å². The summed E-state index contributed by atoms with van der Waals surface area (Å²) in [7, 11) is 0. The molecule has 0 amide bonds. The molecule has 4 heteroatoms. The van der Waals surface area contributed by atoms with E-state index in [2.05, 4.69) is 6.92 Å². The maximum absolute atomic E-state index is 12.4. The molecule has 0 aromatic heterocycles. The van der Waals surface area contributed by atoms with Gasteiger partial charge in [-0.3, -0.25) is 9.59 Å². The fourth-order valence-electron chi connectivity index (χ4n) is 4.56. The fourth-order valence-corrected chi connectivity index (χ4v) is 4.56. The molecule has 0 fully saturated rings. The molecule has 2 N–H and O–H groups in total. The van der Waals surface area contributed by atoms with Crippen LogP contribution < -0.4 is 0 Å². The molecule has 0 aliphatic heterocycles. The van der Waals surface area contributed by atoms with E-state index in [1.165, 1.54) is 0 Å². The summed E-state index contributed by atoms with van der Waals surface area (Å²) in [6, 6.07) is 0. The maximum atomic E-state index is 12.4. The largest absolute Gasteiger partial charge is 0.481 e. The molecule has 0 saturated heterocycles. The monoisotopic (exact) mass is 338 g/mol. The van der Waals surface area contributed by atoms with Gasteiger partial charge in [0.25, 0.3) is 0 Å². The Labute approximate surface area is 146 Å². The lowest BCUT2D eigenvalue weighted by Crippen LogP contribution is -2.57. The van der Waals surface area contributed by atoms with E-state index in [9.17, 15) is 19.8 Å². The van der Waals surface area contributed by atoms with Crippen LogP contribution >= 0.6 is 0 Å². The van der Waals surface area contributed by atoms with Crippen molar-refractivity contribution in [3.05, 3.63) is 12.2 Å². The third-order valence-electron chi connectivity index (χ3n) is 5.81. The SMILES string of the molecule is CCCCCCC(C)C1(C(=O)O)CC=CCC1(CC(C)C)C(=O)O. The summed E-state index contributed by atoms with van der Waals surface area (Å²) in [5, 5.41) is 20.2. The molecule has 0 radical (unpaired) electrons. The highest BCUT2D eigenvalue weighted by Crippen LogP contribution is 2.57. The molecule has 3 unspecified atom stereocenters. The second-order valence-corrected chi connectivity index (χ2v) is 7.89. The summed E-state index contributed by atoms with van der Waals surface area (Å²) in [4.78, 5) is 24.7. The van der Waals surface area contributed by atoms with Gasteiger partial charge in [0.05, 0.1) is 10.8 Å². The van der Waals surface area contributed by atoms with Crippen LogP contribution in [0, 0.1) is 22.7 Å². The predicted molar refractivity (Wildman–Crippen MR) is 95.9 cm³/mol. The average molecular weight is 338 g/mol. The van der Waals surface area contributed by atoms with Crippen molar-refractivity contribution < 1.29 is 19.8 Å². The molecule has 1 rings (SSSR count). The molecule has 3 atom stereocenters. The standard InChI is InChI=1S/C20H34O4/c1-5-6-7-8-11-16(4)20(18(23)24)13-10-9-12-19(20,17(21)22)14-15(2)3/h9-10,15-16H,5-8,11-14H2,1-4H3,(H,21,22)(H,23,24). The summed E-state index contributed by atoms with van der Waals surface area (Å²) < 4.78 is 0. The summed E-state index contributed by atoms with van der Waals surface area (Å²) in [6.07, 6.45) is 9.85. The van der Waals surface area contributed by atoms with Gasteiger partial charge in [-0.05, 0) is 37.5 Å². The predicted octanol–water partition coefficient (Wildman–Crippen LogP) is 5.13. The molecule has 0 spiro atoms. The normalized spacial score (nSPS) is 28.0. The fraction of sp³-hybridized carbons (Fsp3) is 0.800. The Hall–Kier alpha value is -1.32. The minimum atomic E-state index is -1.22. The number of rotatable bonds is 10. The summed E-state index contributed by atoms with van der Waals surface area (Å²) in [5.41, 5.74) is -2.43. The first-order chi connectivity index (χ1) is 11.2. The number of carboxylic acids is 2. The van der Waals surface area contributed by atoms with E-state index in [0.717, 1.165) is 32.1 Å². The lowest BCUT2D eigenvalue weighted by atomic mass is 9.50. The van der Waals surface area contributed by atoms with Crippen LogP contribution in [0.2, 0.25) is 0 Å². The van der Waals surface area contributed by atoms with Crippen molar-refractivity contribution in [2.45, 2.75) is 79.1 Å². The van der Waals surface area contributed by atoms with Crippen LogP contribution in [0.1, 0.15) is 79.1 Å². The first-order valence-corrected chi connectivity index (χ1v) is 9.36. The minimum Gasteiger partial charge on any atom is -0.481 e. The van der Waals surface area contributed by atoms with Crippen LogP contribution in [0.25, 0.3) is 0 Å². The van der Waals surface area contributed by atoms with Crippen LogP contribution in [-0.4, -0.2) is 22.2 Å². The van der Waals surface area contributed by atoms with E-state index >= 15 is 0 Å². The van der Waals surface area contributed by atoms with E-state index < -0.39 is 22.8 Å². The van der Waals surface area contributed by atoms with Crippen molar-refractivity contribution in [1.82, 2.24) is 0 Å². The molecular weight excluding hydrogens is 304 g/mol. The Bertz CT molecular complexity index is 468. The van der Waals surface area contributed by atoms with E-state index in [0.29, 0.717) is 19.3 Å². The zero-order chi connectivity index (χ0) is 18.4. The zero-order valence-corrected chi connectivity index (χ0v) is 15.7. The lowest BCUT2D eigenvalue weighted by molar-refractivity contribution is -0.183. The van der Waals surface area contributed by atoms with E-state index in [1.807, 2.05) is 32.9 Å². The maximum Gasteiger partial charge on any atom is 0.311 e. The Morgan fingerprint density at radius 2 is 1.62 bits per heavy atom. The van der Waals surface area contributed by atoms with Crippen LogP contribution in [-0.2, 0) is 9.59 Å². The second kappa shape index (κ2) is 8.68. The molecule has 24 heavy (non-hydrogen) atoms. The summed E-state index contributed by atoms with van der Waals surface area (Å²) in [6.45, 7) is 8.03. The van der Waals surface area contributed by atoms with Crippen molar-refractivity contribution in [2.24, 2.45) is 22.7 Å².